The highest BCUT2D eigenvalue weighted by molar-refractivity contribution is 7.91. The second-order valence-electron chi connectivity index (χ2n) is 3.86. The molecule has 1 N–H and O–H groups in total. The Hall–Kier alpha value is -0.170. The molecule has 2 heterocycles. The largest absolute Gasteiger partial charge is 0.390 e. The van der Waals surface area contributed by atoms with Gasteiger partial charge in [-0.3, -0.25) is 4.90 Å². The zero-order valence-electron chi connectivity index (χ0n) is 7.92. The Bertz CT molecular complexity index is 296. The number of ether oxygens (including phenoxy) is 1. The second kappa shape index (κ2) is 3.77. The third-order valence-corrected chi connectivity index (χ3v) is 4.51. The fraction of sp³-hybridized carbons (Fsp3) is 1.00. The first-order valence-corrected chi connectivity index (χ1v) is 6.61. The summed E-state index contributed by atoms with van der Waals surface area (Å²) in [6, 6.07) is -0.219. The van der Waals surface area contributed by atoms with Gasteiger partial charge in [0.2, 0.25) is 0 Å². The van der Waals surface area contributed by atoms with Crippen LogP contribution in [-0.2, 0) is 14.6 Å². The zero-order chi connectivity index (χ0) is 10.2. The van der Waals surface area contributed by atoms with Crippen molar-refractivity contribution >= 4 is 9.84 Å². The molecule has 2 fully saturated rings. The Morgan fingerprint density at radius 1 is 1.21 bits per heavy atom. The molecule has 2 unspecified atom stereocenters. The monoisotopic (exact) mass is 221 g/mol. The number of nitrogens with zero attached hydrogens (tertiary/aromatic N) is 1. The van der Waals surface area contributed by atoms with Crippen LogP contribution in [0.15, 0.2) is 0 Å². The summed E-state index contributed by atoms with van der Waals surface area (Å²) in [6.45, 7) is 2.70. The van der Waals surface area contributed by atoms with E-state index in [4.69, 9.17) is 4.74 Å². The molecular formula is C8H15NO4S. The van der Waals surface area contributed by atoms with Gasteiger partial charge in [0.25, 0.3) is 0 Å². The van der Waals surface area contributed by atoms with Crippen molar-refractivity contribution < 1.29 is 18.3 Å². The first-order chi connectivity index (χ1) is 6.58. The summed E-state index contributed by atoms with van der Waals surface area (Å²) in [4.78, 5) is 2.01. The Balaban J connectivity index is 2.04. The Morgan fingerprint density at radius 3 is 2.36 bits per heavy atom. The molecule has 0 aliphatic carbocycles. The average Bonchev–Trinajstić information content (AvgIpc) is 2.41. The van der Waals surface area contributed by atoms with Crippen molar-refractivity contribution in [2.45, 2.75) is 12.1 Å². The van der Waals surface area contributed by atoms with Crippen molar-refractivity contribution in [2.24, 2.45) is 0 Å². The lowest BCUT2D eigenvalue weighted by Gasteiger charge is -2.32. The number of aliphatic hydroxyl groups is 1. The molecule has 14 heavy (non-hydrogen) atoms. The van der Waals surface area contributed by atoms with Crippen LogP contribution in [0.1, 0.15) is 0 Å². The van der Waals surface area contributed by atoms with Gasteiger partial charge in [0.05, 0.1) is 36.9 Å². The third kappa shape index (κ3) is 2.08. The maximum absolute atomic E-state index is 11.3. The van der Waals surface area contributed by atoms with Crippen LogP contribution in [0.4, 0.5) is 0 Å². The molecule has 6 heteroatoms. The number of hydrogen-bond donors (Lipinski definition) is 1. The van der Waals surface area contributed by atoms with Gasteiger partial charge in [0.15, 0.2) is 9.84 Å². The van der Waals surface area contributed by atoms with Gasteiger partial charge < -0.3 is 9.84 Å². The highest BCUT2D eigenvalue weighted by Gasteiger charge is 2.40. The summed E-state index contributed by atoms with van der Waals surface area (Å²) >= 11 is 0. The van der Waals surface area contributed by atoms with Crippen molar-refractivity contribution in [1.82, 2.24) is 4.90 Å². The fourth-order valence-corrected chi connectivity index (χ4v) is 3.90. The van der Waals surface area contributed by atoms with E-state index in [0.29, 0.717) is 13.2 Å². The normalized spacial score (nSPS) is 38.6. The van der Waals surface area contributed by atoms with Crippen molar-refractivity contribution in [2.75, 3.05) is 37.8 Å². The molecule has 5 nitrogen and oxygen atoms in total. The van der Waals surface area contributed by atoms with Crippen molar-refractivity contribution in [1.29, 1.82) is 0 Å². The van der Waals surface area contributed by atoms with Crippen LogP contribution in [0.3, 0.4) is 0 Å². The fourth-order valence-electron chi connectivity index (χ4n) is 2.07. The molecule has 2 rings (SSSR count). The van der Waals surface area contributed by atoms with Crippen molar-refractivity contribution in [3.8, 4) is 0 Å². The molecule has 2 saturated heterocycles. The molecule has 0 radical (unpaired) electrons. The van der Waals surface area contributed by atoms with Crippen LogP contribution < -0.4 is 0 Å². The summed E-state index contributed by atoms with van der Waals surface area (Å²) in [5, 5.41) is 9.62. The maximum Gasteiger partial charge on any atom is 0.154 e. The molecule has 2 atom stereocenters. The minimum absolute atomic E-state index is 0.0883. The van der Waals surface area contributed by atoms with E-state index in [-0.39, 0.29) is 17.5 Å². The Morgan fingerprint density at radius 2 is 1.86 bits per heavy atom. The number of aliphatic hydroxyl groups excluding tert-OH is 1. The van der Waals surface area contributed by atoms with E-state index >= 15 is 0 Å². The molecule has 0 bridgehead atoms. The molecule has 0 aromatic heterocycles. The summed E-state index contributed by atoms with van der Waals surface area (Å²) in [5.41, 5.74) is 0. The van der Waals surface area contributed by atoms with Gasteiger partial charge in [-0.15, -0.1) is 0 Å². The van der Waals surface area contributed by atoms with Crippen molar-refractivity contribution in [3.63, 3.8) is 0 Å². The quantitative estimate of drug-likeness (QED) is 0.582. The standard InChI is InChI=1S/C8H15NO4S/c10-8-6-14(11,12)5-7(8)9-1-3-13-4-2-9/h7-8,10H,1-6H2. The average molecular weight is 221 g/mol. The van der Waals surface area contributed by atoms with Crippen LogP contribution in [-0.4, -0.2) is 68.4 Å². The Labute approximate surface area is 83.6 Å². The van der Waals surface area contributed by atoms with E-state index in [1.165, 1.54) is 0 Å². The van der Waals surface area contributed by atoms with E-state index in [1.54, 1.807) is 0 Å². The smallest absolute Gasteiger partial charge is 0.154 e. The molecule has 0 saturated carbocycles. The highest BCUT2D eigenvalue weighted by atomic mass is 32.2. The second-order valence-corrected chi connectivity index (χ2v) is 6.01. The maximum atomic E-state index is 11.3. The first-order valence-electron chi connectivity index (χ1n) is 4.79. The SMILES string of the molecule is O=S1(=O)CC(O)C(N2CCOCC2)C1. The lowest BCUT2D eigenvalue weighted by Crippen LogP contribution is -2.48. The van der Waals surface area contributed by atoms with Gasteiger partial charge in [-0.05, 0) is 0 Å². The summed E-state index contributed by atoms with van der Waals surface area (Å²) < 4.78 is 27.7. The minimum atomic E-state index is -3.03. The lowest BCUT2D eigenvalue weighted by molar-refractivity contribution is -0.00579. The van der Waals surface area contributed by atoms with Crippen LogP contribution in [0, 0.1) is 0 Å². The predicted octanol–water partition coefficient (Wildman–Crippen LogP) is -1.52. The Kier molecular flexibility index (Phi) is 2.79. The molecule has 0 amide bonds. The molecular weight excluding hydrogens is 206 g/mol. The van der Waals surface area contributed by atoms with E-state index in [0.717, 1.165) is 13.1 Å². The van der Waals surface area contributed by atoms with Crippen LogP contribution in [0.5, 0.6) is 0 Å². The first kappa shape index (κ1) is 10.4. The molecule has 82 valence electrons. The molecule has 2 aliphatic rings. The van der Waals surface area contributed by atoms with Gasteiger partial charge in [-0.2, -0.15) is 0 Å². The van der Waals surface area contributed by atoms with E-state index in [2.05, 4.69) is 0 Å². The minimum Gasteiger partial charge on any atom is -0.390 e. The van der Waals surface area contributed by atoms with E-state index in [9.17, 15) is 13.5 Å². The van der Waals surface area contributed by atoms with Crippen LogP contribution in [0.25, 0.3) is 0 Å². The van der Waals surface area contributed by atoms with Crippen molar-refractivity contribution in [3.05, 3.63) is 0 Å². The van der Waals surface area contributed by atoms with Gasteiger partial charge in [-0.1, -0.05) is 0 Å². The third-order valence-electron chi connectivity index (χ3n) is 2.81. The molecule has 0 spiro atoms. The number of sulfone groups is 1. The van der Waals surface area contributed by atoms with Gasteiger partial charge in [0.1, 0.15) is 0 Å². The van der Waals surface area contributed by atoms with Gasteiger partial charge in [0, 0.05) is 13.1 Å². The molecule has 0 aromatic carbocycles. The lowest BCUT2D eigenvalue weighted by atomic mass is 10.2. The van der Waals surface area contributed by atoms with E-state index < -0.39 is 15.9 Å². The van der Waals surface area contributed by atoms with Crippen LogP contribution in [0.2, 0.25) is 0 Å². The zero-order valence-corrected chi connectivity index (χ0v) is 8.74. The van der Waals surface area contributed by atoms with Crippen LogP contribution >= 0.6 is 0 Å². The van der Waals surface area contributed by atoms with E-state index in [1.807, 2.05) is 4.90 Å². The molecule has 2 aliphatic heterocycles. The predicted molar refractivity (Wildman–Crippen MR) is 50.8 cm³/mol. The number of rotatable bonds is 1. The topological polar surface area (TPSA) is 66.8 Å². The highest BCUT2D eigenvalue weighted by Crippen LogP contribution is 2.19. The van der Waals surface area contributed by atoms with Gasteiger partial charge in [-0.25, -0.2) is 8.42 Å². The molecule has 0 aromatic rings. The summed E-state index contributed by atoms with van der Waals surface area (Å²) in [6.07, 6.45) is -0.724. The number of morpholine rings is 1. The van der Waals surface area contributed by atoms with Gasteiger partial charge >= 0.3 is 0 Å². The summed E-state index contributed by atoms with van der Waals surface area (Å²) in [5.74, 6) is 0.00317. The number of hydrogen-bond acceptors (Lipinski definition) is 5. The summed E-state index contributed by atoms with van der Waals surface area (Å²) in [7, 11) is -3.03.